The van der Waals surface area contributed by atoms with Crippen molar-refractivity contribution in [3.8, 4) is 0 Å². The summed E-state index contributed by atoms with van der Waals surface area (Å²) in [5.41, 5.74) is 1.78. The average Bonchev–Trinajstić information content (AvgIpc) is 2.15. The molecule has 1 aromatic rings. The molecule has 0 aliphatic heterocycles. The Balaban J connectivity index is 2.87. The van der Waals surface area contributed by atoms with Crippen LogP contribution in [0.15, 0.2) is 24.3 Å². The van der Waals surface area contributed by atoms with Crippen LogP contribution in [0.5, 0.6) is 0 Å². The molecule has 0 radical (unpaired) electrons. The van der Waals surface area contributed by atoms with E-state index in [-0.39, 0.29) is 0 Å². The lowest BCUT2D eigenvalue weighted by molar-refractivity contribution is 0.0213. The number of benzene rings is 1. The first-order valence-corrected chi connectivity index (χ1v) is 5.47. The molecule has 0 bridgehead atoms. The molecule has 0 aromatic heterocycles. The molecule has 78 valence electrons. The molecule has 1 aromatic carbocycles. The number of halogens is 3. The Morgan fingerprint density at radius 1 is 1.29 bits per heavy atom. The lowest BCUT2D eigenvalue weighted by atomic mass is 10.1. The standard InChI is InChI=1S/C11H13BrF2/c1-3-8-4-6-9(7-5-8)10(12)11(2,13)14/h4-7,10H,3H2,1-2H3. The first-order chi connectivity index (χ1) is 6.45. The van der Waals surface area contributed by atoms with E-state index in [4.69, 9.17) is 0 Å². The van der Waals surface area contributed by atoms with Crippen molar-refractivity contribution < 1.29 is 8.78 Å². The van der Waals surface area contributed by atoms with Crippen LogP contribution in [-0.2, 0) is 6.42 Å². The highest BCUT2D eigenvalue weighted by atomic mass is 79.9. The van der Waals surface area contributed by atoms with Gasteiger partial charge in [0, 0.05) is 6.92 Å². The van der Waals surface area contributed by atoms with Crippen LogP contribution >= 0.6 is 15.9 Å². The van der Waals surface area contributed by atoms with Crippen molar-refractivity contribution in [2.24, 2.45) is 0 Å². The van der Waals surface area contributed by atoms with Crippen LogP contribution in [0.4, 0.5) is 8.78 Å². The topological polar surface area (TPSA) is 0 Å². The van der Waals surface area contributed by atoms with E-state index in [0.29, 0.717) is 5.56 Å². The van der Waals surface area contributed by atoms with E-state index < -0.39 is 10.7 Å². The van der Waals surface area contributed by atoms with E-state index >= 15 is 0 Å². The molecule has 0 aliphatic rings. The Labute approximate surface area is 91.5 Å². The maximum absolute atomic E-state index is 12.9. The summed E-state index contributed by atoms with van der Waals surface area (Å²) in [6.45, 7) is 2.95. The van der Waals surface area contributed by atoms with Crippen molar-refractivity contribution in [2.75, 3.05) is 0 Å². The highest BCUT2D eigenvalue weighted by molar-refractivity contribution is 9.09. The van der Waals surface area contributed by atoms with E-state index in [1.54, 1.807) is 12.1 Å². The van der Waals surface area contributed by atoms with E-state index in [9.17, 15) is 8.78 Å². The number of hydrogen-bond acceptors (Lipinski definition) is 0. The Morgan fingerprint density at radius 2 is 1.79 bits per heavy atom. The predicted octanol–water partition coefficient (Wildman–Crippen LogP) is 4.34. The lowest BCUT2D eigenvalue weighted by Crippen LogP contribution is -2.16. The van der Waals surface area contributed by atoms with E-state index in [1.165, 1.54) is 0 Å². The van der Waals surface area contributed by atoms with E-state index in [1.807, 2.05) is 19.1 Å². The summed E-state index contributed by atoms with van der Waals surface area (Å²) in [4.78, 5) is -0.902. The largest absolute Gasteiger partial charge is 0.261 e. The van der Waals surface area contributed by atoms with Gasteiger partial charge in [-0.15, -0.1) is 0 Å². The molecule has 1 rings (SSSR count). The molecule has 0 amide bonds. The summed E-state index contributed by atoms with van der Waals surface area (Å²) in [5, 5.41) is 0. The molecule has 0 nitrogen and oxygen atoms in total. The zero-order chi connectivity index (χ0) is 10.8. The van der Waals surface area contributed by atoms with Crippen LogP contribution < -0.4 is 0 Å². The van der Waals surface area contributed by atoms with E-state index in [0.717, 1.165) is 18.9 Å². The fourth-order valence-electron chi connectivity index (χ4n) is 1.21. The van der Waals surface area contributed by atoms with Gasteiger partial charge in [0.1, 0.15) is 4.83 Å². The minimum absolute atomic E-state index is 0.620. The number of alkyl halides is 3. The summed E-state index contributed by atoms with van der Waals surface area (Å²) < 4.78 is 25.9. The Hall–Kier alpha value is -0.440. The summed E-state index contributed by atoms with van der Waals surface area (Å²) >= 11 is 3.00. The fourth-order valence-corrected chi connectivity index (χ4v) is 1.52. The third-order valence-electron chi connectivity index (χ3n) is 2.13. The molecule has 3 heteroatoms. The molecule has 0 aliphatic carbocycles. The van der Waals surface area contributed by atoms with Gasteiger partial charge in [-0.05, 0) is 17.5 Å². The van der Waals surface area contributed by atoms with Crippen LogP contribution in [0.25, 0.3) is 0 Å². The molecule has 0 heterocycles. The highest BCUT2D eigenvalue weighted by Crippen LogP contribution is 2.37. The maximum atomic E-state index is 12.9. The van der Waals surface area contributed by atoms with Gasteiger partial charge in [0.2, 0.25) is 0 Å². The zero-order valence-electron chi connectivity index (χ0n) is 8.23. The molecule has 0 spiro atoms. The summed E-state index contributed by atoms with van der Waals surface area (Å²) in [7, 11) is 0. The third-order valence-corrected chi connectivity index (χ3v) is 3.46. The average molecular weight is 263 g/mol. The number of aryl methyl sites for hydroxylation is 1. The molecule has 14 heavy (non-hydrogen) atoms. The van der Waals surface area contributed by atoms with Gasteiger partial charge >= 0.3 is 0 Å². The van der Waals surface area contributed by atoms with Crippen LogP contribution in [0.1, 0.15) is 29.8 Å². The van der Waals surface area contributed by atoms with Crippen LogP contribution in [0, 0.1) is 0 Å². The quantitative estimate of drug-likeness (QED) is 0.711. The molecular weight excluding hydrogens is 250 g/mol. The van der Waals surface area contributed by atoms with E-state index in [2.05, 4.69) is 15.9 Å². The van der Waals surface area contributed by atoms with Crippen molar-refractivity contribution in [1.82, 2.24) is 0 Å². The second kappa shape index (κ2) is 4.39. The van der Waals surface area contributed by atoms with Crippen molar-refractivity contribution in [1.29, 1.82) is 0 Å². The number of hydrogen-bond donors (Lipinski definition) is 0. The molecule has 1 atom stereocenters. The van der Waals surface area contributed by atoms with Gasteiger partial charge in [-0.2, -0.15) is 0 Å². The highest BCUT2D eigenvalue weighted by Gasteiger charge is 2.32. The number of rotatable bonds is 3. The molecule has 0 N–H and O–H groups in total. The van der Waals surface area contributed by atoms with Crippen molar-refractivity contribution in [3.63, 3.8) is 0 Å². The maximum Gasteiger partial charge on any atom is 0.261 e. The molecule has 0 saturated heterocycles. The second-order valence-corrected chi connectivity index (χ2v) is 4.33. The van der Waals surface area contributed by atoms with Crippen molar-refractivity contribution >= 4 is 15.9 Å². The van der Waals surface area contributed by atoms with Crippen molar-refractivity contribution in [3.05, 3.63) is 35.4 Å². The van der Waals surface area contributed by atoms with Gasteiger partial charge in [0.25, 0.3) is 5.92 Å². The second-order valence-electron chi connectivity index (χ2n) is 3.41. The van der Waals surface area contributed by atoms with Gasteiger partial charge in [-0.1, -0.05) is 47.1 Å². The zero-order valence-corrected chi connectivity index (χ0v) is 9.81. The molecular formula is C11H13BrF2. The summed E-state index contributed by atoms with van der Waals surface area (Å²) in [5.74, 6) is -2.73. The Morgan fingerprint density at radius 3 is 2.14 bits per heavy atom. The minimum Gasteiger partial charge on any atom is -0.206 e. The van der Waals surface area contributed by atoms with Gasteiger partial charge in [-0.25, -0.2) is 8.78 Å². The van der Waals surface area contributed by atoms with Crippen LogP contribution in [0.2, 0.25) is 0 Å². The van der Waals surface area contributed by atoms with Gasteiger partial charge in [-0.3, -0.25) is 0 Å². The summed E-state index contributed by atoms with van der Waals surface area (Å²) in [6, 6.07) is 7.26. The smallest absolute Gasteiger partial charge is 0.206 e. The first kappa shape index (κ1) is 11.6. The predicted molar refractivity (Wildman–Crippen MR) is 58.1 cm³/mol. The normalized spacial score (nSPS) is 14.1. The van der Waals surface area contributed by atoms with Gasteiger partial charge in [0.15, 0.2) is 0 Å². The lowest BCUT2D eigenvalue weighted by Gasteiger charge is -2.18. The van der Waals surface area contributed by atoms with Crippen molar-refractivity contribution in [2.45, 2.75) is 31.0 Å². The molecule has 1 unspecified atom stereocenters. The van der Waals surface area contributed by atoms with Gasteiger partial charge in [0.05, 0.1) is 0 Å². The van der Waals surface area contributed by atoms with Gasteiger partial charge < -0.3 is 0 Å². The Kier molecular flexibility index (Phi) is 3.65. The van der Waals surface area contributed by atoms with Crippen LogP contribution in [-0.4, -0.2) is 5.92 Å². The minimum atomic E-state index is -2.73. The van der Waals surface area contributed by atoms with Crippen LogP contribution in [0.3, 0.4) is 0 Å². The monoisotopic (exact) mass is 262 g/mol. The fraction of sp³-hybridized carbons (Fsp3) is 0.455. The first-order valence-electron chi connectivity index (χ1n) is 4.56. The Bertz CT molecular complexity index is 287. The third kappa shape index (κ3) is 2.77. The molecule has 0 fully saturated rings. The summed E-state index contributed by atoms with van der Waals surface area (Å²) in [6.07, 6.45) is 0.926. The molecule has 0 saturated carbocycles. The SMILES string of the molecule is CCc1ccc(C(Br)C(C)(F)F)cc1.